The number of aryl methyl sites for hydroxylation is 1. The van der Waals surface area contributed by atoms with Crippen LogP contribution < -0.4 is 0 Å². The van der Waals surface area contributed by atoms with Crippen LogP contribution in [-0.2, 0) is 12.8 Å². The van der Waals surface area contributed by atoms with Gasteiger partial charge in [-0.05, 0) is 55.6 Å². The molecule has 0 aromatic carbocycles. The van der Waals surface area contributed by atoms with Crippen molar-refractivity contribution < 1.29 is 9.52 Å². The molecule has 0 aliphatic heterocycles. The lowest BCUT2D eigenvalue weighted by Crippen LogP contribution is -2.52. The first-order valence-electron chi connectivity index (χ1n) is 6.71. The van der Waals surface area contributed by atoms with Gasteiger partial charge in [0.15, 0.2) is 0 Å². The molecule has 3 atom stereocenters. The third-order valence-corrected chi connectivity index (χ3v) is 5.19. The zero-order chi connectivity index (χ0) is 12.3. The van der Waals surface area contributed by atoms with Crippen molar-refractivity contribution in [1.82, 2.24) is 0 Å². The molecule has 1 N–H and O–H groups in total. The van der Waals surface area contributed by atoms with Gasteiger partial charge in [-0.15, -0.1) is 0 Å². The molecule has 1 saturated carbocycles. The highest BCUT2D eigenvalue weighted by molar-refractivity contribution is 5.32. The van der Waals surface area contributed by atoms with Crippen molar-refractivity contribution in [2.75, 3.05) is 0 Å². The minimum absolute atomic E-state index is 0.221. The summed E-state index contributed by atoms with van der Waals surface area (Å²) in [4.78, 5) is 0. The van der Waals surface area contributed by atoms with E-state index in [1.54, 1.807) is 0 Å². The summed E-state index contributed by atoms with van der Waals surface area (Å²) in [5.41, 5.74) is 2.33. The highest BCUT2D eigenvalue weighted by Gasteiger charge is 2.51. The van der Waals surface area contributed by atoms with Gasteiger partial charge in [0.1, 0.15) is 5.76 Å². The van der Waals surface area contributed by atoms with Crippen molar-refractivity contribution in [2.45, 2.75) is 58.5 Å². The molecule has 3 unspecified atom stereocenters. The van der Waals surface area contributed by atoms with Crippen LogP contribution in [0.15, 0.2) is 10.7 Å². The van der Waals surface area contributed by atoms with E-state index in [-0.39, 0.29) is 5.41 Å². The van der Waals surface area contributed by atoms with Crippen molar-refractivity contribution in [3.8, 4) is 0 Å². The predicted octanol–water partition coefficient (Wildman–Crippen LogP) is 3.24. The van der Waals surface area contributed by atoms with E-state index < -0.39 is 5.60 Å². The standard InChI is InChI=1S/C15H22O2/c1-10-9-17-12-8-14(2)5-4-6-15(3,16)13(14)7-11(10)12/h9,13,16H,4-8H2,1-3H3. The third-order valence-electron chi connectivity index (χ3n) is 5.19. The Morgan fingerprint density at radius 1 is 1.35 bits per heavy atom. The summed E-state index contributed by atoms with van der Waals surface area (Å²) in [7, 11) is 0. The maximum absolute atomic E-state index is 10.7. The summed E-state index contributed by atoms with van der Waals surface area (Å²) < 4.78 is 5.69. The lowest BCUT2D eigenvalue weighted by molar-refractivity contribution is -0.101. The Morgan fingerprint density at radius 2 is 2.12 bits per heavy atom. The summed E-state index contributed by atoms with van der Waals surface area (Å²) in [5.74, 6) is 1.55. The maximum Gasteiger partial charge on any atom is 0.107 e. The molecule has 0 saturated heterocycles. The zero-order valence-corrected chi connectivity index (χ0v) is 11.0. The minimum atomic E-state index is -0.506. The fourth-order valence-electron chi connectivity index (χ4n) is 4.14. The Labute approximate surface area is 103 Å². The van der Waals surface area contributed by atoms with Crippen LogP contribution in [0.3, 0.4) is 0 Å². The number of aliphatic hydroxyl groups is 1. The first kappa shape index (κ1) is 11.3. The van der Waals surface area contributed by atoms with E-state index in [2.05, 4.69) is 13.8 Å². The quantitative estimate of drug-likeness (QED) is 0.747. The van der Waals surface area contributed by atoms with E-state index in [0.29, 0.717) is 5.92 Å². The largest absolute Gasteiger partial charge is 0.469 e. The van der Waals surface area contributed by atoms with Gasteiger partial charge in [0, 0.05) is 6.42 Å². The normalized spacial score (nSPS) is 40.8. The van der Waals surface area contributed by atoms with Gasteiger partial charge in [-0.3, -0.25) is 0 Å². The molecule has 1 aromatic heterocycles. The Kier molecular flexibility index (Phi) is 2.25. The fourth-order valence-corrected chi connectivity index (χ4v) is 4.14. The van der Waals surface area contributed by atoms with E-state index >= 15 is 0 Å². The van der Waals surface area contributed by atoms with Gasteiger partial charge in [0.25, 0.3) is 0 Å². The minimum Gasteiger partial charge on any atom is -0.469 e. The van der Waals surface area contributed by atoms with Crippen LogP contribution in [0.25, 0.3) is 0 Å². The number of rotatable bonds is 0. The van der Waals surface area contributed by atoms with Crippen LogP contribution in [0.2, 0.25) is 0 Å². The molecule has 2 aliphatic carbocycles. The second-order valence-electron chi connectivity index (χ2n) is 6.62. The molecule has 0 spiro atoms. The average molecular weight is 234 g/mol. The van der Waals surface area contributed by atoms with Crippen molar-refractivity contribution >= 4 is 0 Å². The number of fused-ring (bicyclic) bond motifs is 2. The molecule has 2 aliphatic rings. The molecule has 2 heteroatoms. The van der Waals surface area contributed by atoms with Gasteiger partial charge in [-0.25, -0.2) is 0 Å². The van der Waals surface area contributed by atoms with Crippen molar-refractivity contribution in [3.63, 3.8) is 0 Å². The van der Waals surface area contributed by atoms with Gasteiger partial charge < -0.3 is 9.52 Å². The molecule has 1 fully saturated rings. The molecule has 2 nitrogen and oxygen atoms in total. The van der Waals surface area contributed by atoms with E-state index in [0.717, 1.165) is 25.7 Å². The summed E-state index contributed by atoms with van der Waals surface area (Å²) in [6.45, 7) is 6.46. The van der Waals surface area contributed by atoms with Crippen molar-refractivity contribution in [2.24, 2.45) is 11.3 Å². The Hall–Kier alpha value is -0.760. The topological polar surface area (TPSA) is 33.4 Å². The fraction of sp³-hybridized carbons (Fsp3) is 0.733. The van der Waals surface area contributed by atoms with Crippen LogP contribution in [0.5, 0.6) is 0 Å². The second kappa shape index (κ2) is 3.38. The van der Waals surface area contributed by atoms with Crippen LogP contribution >= 0.6 is 0 Å². The van der Waals surface area contributed by atoms with E-state index in [9.17, 15) is 5.11 Å². The molecule has 1 heterocycles. The van der Waals surface area contributed by atoms with E-state index in [1.807, 2.05) is 13.2 Å². The van der Waals surface area contributed by atoms with Crippen molar-refractivity contribution in [3.05, 3.63) is 23.2 Å². The molecule has 0 bridgehead atoms. The molecular formula is C15H22O2. The molecule has 94 valence electrons. The number of hydrogen-bond acceptors (Lipinski definition) is 2. The average Bonchev–Trinajstić information content (AvgIpc) is 2.56. The first-order chi connectivity index (χ1) is 7.92. The SMILES string of the molecule is Cc1coc2c1CC1C(C)(O)CCCC1(C)C2. The second-order valence-corrected chi connectivity index (χ2v) is 6.62. The molecule has 3 rings (SSSR count). The highest BCUT2D eigenvalue weighted by atomic mass is 16.3. The molecule has 1 aromatic rings. The highest BCUT2D eigenvalue weighted by Crippen LogP contribution is 2.53. The summed E-state index contributed by atoms with van der Waals surface area (Å²) in [5, 5.41) is 10.7. The van der Waals surface area contributed by atoms with E-state index in [1.165, 1.54) is 23.3 Å². The number of hydrogen-bond donors (Lipinski definition) is 1. The van der Waals surface area contributed by atoms with E-state index in [4.69, 9.17) is 4.42 Å². The van der Waals surface area contributed by atoms with Gasteiger partial charge in [0.05, 0.1) is 11.9 Å². The number of furan rings is 1. The maximum atomic E-state index is 10.7. The van der Waals surface area contributed by atoms with Crippen LogP contribution in [0, 0.1) is 18.3 Å². The lowest BCUT2D eigenvalue weighted by atomic mass is 9.55. The van der Waals surface area contributed by atoms with Gasteiger partial charge in [-0.1, -0.05) is 13.3 Å². The Bertz CT molecular complexity index is 444. The molecule has 0 amide bonds. The summed E-state index contributed by atoms with van der Waals surface area (Å²) in [6, 6.07) is 0. The Balaban J connectivity index is 2.04. The van der Waals surface area contributed by atoms with Gasteiger partial charge in [-0.2, -0.15) is 0 Å². The van der Waals surface area contributed by atoms with Gasteiger partial charge in [0.2, 0.25) is 0 Å². The van der Waals surface area contributed by atoms with Crippen LogP contribution in [-0.4, -0.2) is 10.7 Å². The zero-order valence-electron chi connectivity index (χ0n) is 11.0. The summed E-state index contributed by atoms with van der Waals surface area (Å²) in [6.07, 6.45) is 7.15. The smallest absolute Gasteiger partial charge is 0.107 e. The van der Waals surface area contributed by atoms with Gasteiger partial charge >= 0.3 is 0 Å². The molecular weight excluding hydrogens is 212 g/mol. The molecule has 0 radical (unpaired) electrons. The Morgan fingerprint density at radius 3 is 2.88 bits per heavy atom. The predicted molar refractivity (Wildman–Crippen MR) is 66.9 cm³/mol. The monoisotopic (exact) mass is 234 g/mol. The van der Waals surface area contributed by atoms with Crippen molar-refractivity contribution in [1.29, 1.82) is 0 Å². The lowest BCUT2D eigenvalue weighted by Gasteiger charge is -2.51. The summed E-state index contributed by atoms with van der Waals surface area (Å²) >= 11 is 0. The first-order valence-corrected chi connectivity index (χ1v) is 6.71. The molecule has 17 heavy (non-hydrogen) atoms. The van der Waals surface area contributed by atoms with Crippen LogP contribution in [0.4, 0.5) is 0 Å². The van der Waals surface area contributed by atoms with Crippen LogP contribution in [0.1, 0.15) is 50.0 Å². The third kappa shape index (κ3) is 1.57.